The van der Waals surface area contributed by atoms with Crippen molar-refractivity contribution in [2.45, 2.75) is 17.5 Å². The van der Waals surface area contributed by atoms with E-state index >= 15 is 0 Å². The molecule has 3 rings (SSSR count). The lowest BCUT2D eigenvalue weighted by Crippen LogP contribution is -2.23. The Morgan fingerprint density at radius 1 is 1.29 bits per heavy atom. The number of hydrogen-bond donors (Lipinski definition) is 1. The normalized spacial score (nSPS) is 11.0. The number of thioether (sulfide) groups is 1. The molecule has 13 heteroatoms. The Hall–Kier alpha value is -3.25. The van der Waals surface area contributed by atoms with Gasteiger partial charge in [0.15, 0.2) is 11.8 Å². The van der Waals surface area contributed by atoms with Crippen LogP contribution in [0.2, 0.25) is 5.02 Å². The first kappa shape index (κ1) is 22.4. The van der Waals surface area contributed by atoms with Gasteiger partial charge in [0.05, 0.1) is 16.0 Å². The fraction of sp³-hybridized carbons (Fsp3) is 0.167. The van der Waals surface area contributed by atoms with E-state index < -0.39 is 41.4 Å². The standard InChI is InChI=1S/C18H13ClF2N4O5S/c19-10-5-6-12(14(7-10)25(28)29)22-15(26)9-30-16(27)8-24-13-4-2-1-3-11(13)23-18(24)31-17(20)21/h1-7,17H,8-9H2,(H,22,26). The monoisotopic (exact) mass is 470 g/mol. The summed E-state index contributed by atoms with van der Waals surface area (Å²) < 4.78 is 31.8. The van der Waals surface area contributed by atoms with Crippen LogP contribution < -0.4 is 5.32 Å². The van der Waals surface area contributed by atoms with Crippen molar-refractivity contribution in [2.75, 3.05) is 11.9 Å². The van der Waals surface area contributed by atoms with Gasteiger partial charge in [0.2, 0.25) is 0 Å². The number of ether oxygens (including phenoxy) is 1. The van der Waals surface area contributed by atoms with Crippen LogP contribution in [0.4, 0.5) is 20.2 Å². The van der Waals surface area contributed by atoms with E-state index in [9.17, 15) is 28.5 Å². The van der Waals surface area contributed by atoms with E-state index in [1.807, 2.05) is 0 Å². The molecule has 0 saturated carbocycles. The molecular formula is C18H13ClF2N4O5S. The van der Waals surface area contributed by atoms with E-state index in [4.69, 9.17) is 16.3 Å². The number of rotatable bonds is 8. The molecule has 1 aromatic heterocycles. The van der Waals surface area contributed by atoms with Crippen molar-refractivity contribution < 1.29 is 28.0 Å². The second-order valence-electron chi connectivity index (χ2n) is 5.98. The van der Waals surface area contributed by atoms with E-state index in [0.29, 0.717) is 11.0 Å². The van der Waals surface area contributed by atoms with Crippen molar-refractivity contribution in [1.29, 1.82) is 0 Å². The number of anilines is 1. The number of alkyl halides is 2. The first-order chi connectivity index (χ1) is 14.7. The molecule has 0 radical (unpaired) electrons. The maximum atomic E-state index is 12.8. The summed E-state index contributed by atoms with van der Waals surface area (Å²) in [6.45, 7) is -1.19. The second-order valence-corrected chi connectivity index (χ2v) is 7.37. The fourth-order valence-corrected chi connectivity index (χ4v) is 3.41. The number of nitro benzene ring substituents is 1. The Bertz CT molecular complexity index is 1160. The van der Waals surface area contributed by atoms with E-state index in [-0.39, 0.29) is 27.6 Å². The zero-order valence-corrected chi connectivity index (χ0v) is 17.0. The predicted octanol–water partition coefficient (Wildman–Crippen LogP) is 4.09. The van der Waals surface area contributed by atoms with Crippen LogP contribution in [0, 0.1) is 10.1 Å². The molecule has 0 atom stereocenters. The Labute approximate surface area is 182 Å². The number of hydrogen-bond acceptors (Lipinski definition) is 7. The Kier molecular flexibility index (Phi) is 7.02. The minimum Gasteiger partial charge on any atom is -0.454 e. The summed E-state index contributed by atoms with van der Waals surface area (Å²) in [4.78, 5) is 38.6. The maximum absolute atomic E-state index is 12.8. The highest BCUT2D eigenvalue weighted by Gasteiger charge is 2.20. The van der Waals surface area contributed by atoms with Crippen molar-refractivity contribution in [3.63, 3.8) is 0 Å². The Morgan fingerprint density at radius 2 is 2.03 bits per heavy atom. The topological polar surface area (TPSA) is 116 Å². The van der Waals surface area contributed by atoms with Crippen LogP contribution in [-0.4, -0.2) is 38.7 Å². The highest BCUT2D eigenvalue weighted by atomic mass is 35.5. The number of nitrogens with zero attached hydrogens (tertiary/aromatic N) is 3. The summed E-state index contributed by atoms with van der Waals surface area (Å²) in [5.74, 6) is -4.44. The molecule has 3 aromatic rings. The molecular weight excluding hydrogens is 458 g/mol. The Balaban J connectivity index is 1.66. The Morgan fingerprint density at radius 3 is 2.74 bits per heavy atom. The minimum absolute atomic E-state index is 0.0746. The van der Waals surface area contributed by atoms with Crippen molar-refractivity contribution >= 4 is 57.6 Å². The predicted molar refractivity (Wildman–Crippen MR) is 109 cm³/mol. The largest absolute Gasteiger partial charge is 0.454 e. The minimum atomic E-state index is -2.74. The molecule has 0 aliphatic heterocycles. The number of para-hydroxylation sites is 2. The molecule has 0 saturated heterocycles. The molecule has 0 aliphatic rings. The molecule has 0 aliphatic carbocycles. The number of fused-ring (bicyclic) bond motifs is 1. The molecule has 31 heavy (non-hydrogen) atoms. The van der Waals surface area contributed by atoms with E-state index in [1.54, 1.807) is 24.3 Å². The van der Waals surface area contributed by atoms with E-state index in [0.717, 1.165) is 6.07 Å². The lowest BCUT2D eigenvalue weighted by molar-refractivity contribution is -0.383. The average Bonchev–Trinajstić information content (AvgIpc) is 3.04. The molecule has 0 fully saturated rings. The van der Waals surface area contributed by atoms with Gasteiger partial charge >= 0.3 is 5.97 Å². The van der Waals surface area contributed by atoms with Crippen LogP contribution in [0.1, 0.15) is 0 Å². The molecule has 2 aromatic carbocycles. The van der Waals surface area contributed by atoms with Gasteiger partial charge in [-0.1, -0.05) is 23.7 Å². The third-order valence-electron chi connectivity index (χ3n) is 3.90. The van der Waals surface area contributed by atoms with Gasteiger partial charge in [0.25, 0.3) is 17.4 Å². The van der Waals surface area contributed by atoms with Crippen LogP contribution in [-0.2, 0) is 20.9 Å². The van der Waals surface area contributed by atoms with Gasteiger partial charge in [-0.3, -0.25) is 19.7 Å². The maximum Gasteiger partial charge on any atom is 0.326 e. The summed E-state index contributed by atoms with van der Waals surface area (Å²) >= 11 is 5.89. The molecule has 0 unspecified atom stereocenters. The van der Waals surface area contributed by atoms with Crippen LogP contribution in [0.15, 0.2) is 47.6 Å². The van der Waals surface area contributed by atoms with Crippen LogP contribution in [0.5, 0.6) is 0 Å². The molecule has 1 amide bonds. The summed E-state index contributed by atoms with van der Waals surface area (Å²) in [5, 5.41) is 13.4. The molecule has 162 valence electrons. The molecule has 0 spiro atoms. The number of nitro groups is 1. The van der Waals surface area contributed by atoms with Crippen LogP contribution in [0.3, 0.4) is 0 Å². The number of halogens is 3. The number of aromatic nitrogens is 2. The molecule has 0 bridgehead atoms. The number of nitrogens with one attached hydrogen (secondary N) is 1. The van der Waals surface area contributed by atoms with Crippen molar-refractivity contribution in [3.8, 4) is 0 Å². The summed E-state index contributed by atoms with van der Waals surface area (Å²) in [6.07, 6.45) is 0. The summed E-state index contributed by atoms with van der Waals surface area (Å²) in [5.41, 5.74) is 0.326. The third-order valence-corrected chi connectivity index (χ3v) is 4.83. The van der Waals surface area contributed by atoms with E-state index in [1.165, 1.54) is 16.7 Å². The first-order valence-corrected chi connectivity index (χ1v) is 9.80. The highest BCUT2D eigenvalue weighted by Crippen LogP contribution is 2.29. The van der Waals surface area contributed by atoms with Gasteiger partial charge in [-0.2, -0.15) is 8.78 Å². The lowest BCUT2D eigenvalue weighted by atomic mass is 10.2. The zero-order chi connectivity index (χ0) is 22.5. The second kappa shape index (κ2) is 9.71. The average molecular weight is 471 g/mol. The zero-order valence-electron chi connectivity index (χ0n) is 15.5. The van der Waals surface area contributed by atoms with E-state index in [2.05, 4.69) is 10.3 Å². The van der Waals surface area contributed by atoms with Crippen molar-refractivity contribution in [3.05, 3.63) is 57.6 Å². The summed E-state index contributed by atoms with van der Waals surface area (Å²) in [7, 11) is 0. The number of carbonyl (C=O) groups excluding carboxylic acids is 2. The van der Waals surface area contributed by atoms with Gasteiger partial charge < -0.3 is 14.6 Å². The quantitative estimate of drug-likeness (QED) is 0.228. The van der Waals surface area contributed by atoms with Gasteiger partial charge in [-0.15, -0.1) is 0 Å². The first-order valence-electron chi connectivity index (χ1n) is 8.54. The van der Waals surface area contributed by atoms with Crippen molar-refractivity contribution in [1.82, 2.24) is 9.55 Å². The van der Waals surface area contributed by atoms with Crippen molar-refractivity contribution in [2.24, 2.45) is 0 Å². The van der Waals surface area contributed by atoms with Gasteiger partial charge in [0, 0.05) is 11.1 Å². The molecule has 9 nitrogen and oxygen atoms in total. The summed E-state index contributed by atoms with van der Waals surface area (Å²) in [6, 6.07) is 10.2. The molecule has 1 heterocycles. The third kappa shape index (κ3) is 5.67. The van der Waals surface area contributed by atoms with Crippen LogP contribution in [0.25, 0.3) is 11.0 Å². The molecule has 1 N–H and O–H groups in total. The van der Waals surface area contributed by atoms with Gasteiger partial charge in [-0.05, 0) is 36.0 Å². The highest BCUT2D eigenvalue weighted by molar-refractivity contribution is 7.99. The van der Waals surface area contributed by atoms with Crippen LogP contribution >= 0.6 is 23.4 Å². The fourth-order valence-electron chi connectivity index (χ4n) is 2.64. The number of imidazole rings is 1. The lowest BCUT2D eigenvalue weighted by Gasteiger charge is -2.10. The van der Waals surface area contributed by atoms with Gasteiger partial charge in [-0.25, -0.2) is 4.98 Å². The number of amides is 1. The van der Waals surface area contributed by atoms with Gasteiger partial charge in [0.1, 0.15) is 12.2 Å². The number of benzene rings is 2. The smallest absolute Gasteiger partial charge is 0.326 e. The number of esters is 1. The number of carbonyl (C=O) groups is 2. The SMILES string of the molecule is O=C(COC(=O)Cn1c(SC(F)F)nc2ccccc21)Nc1ccc(Cl)cc1[N+](=O)[O-].